The van der Waals surface area contributed by atoms with Gasteiger partial charge >= 0.3 is 0 Å². The molecule has 0 radical (unpaired) electrons. The number of fused-ring (bicyclic) bond motifs is 1. The second-order valence-corrected chi connectivity index (χ2v) is 7.54. The standard InChI is InChI=1S/C21H20N4OS/c1-15(16-6-8-17(9-7-16)25-13-12-22-14-25)23-20(26)10-11-21-24-18-4-2-3-5-19(18)27-21/h2-9,12-15H,10-11H2,1H3,(H,23,26)/t15-/m0/s1. The van der Waals surface area contributed by atoms with E-state index in [0.29, 0.717) is 12.8 Å². The Morgan fingerprint density at radius 3 is 2.74 bits per heavy atom. The molecule has 0 aliphatic heterocycles. The molecule has 0 aliphatic rings. The first kappa shape index (κ1) is 17.4. The number of rotatable bonds is 6. The Balaban J connectivity index is 1.33. The molecule has 136 valence electrons. The molecule has 2 aromatic carbocycles. The maximum Gasteiger partial charge on any atom is 0.220 e. The van der Waals surface area contributed by atoms with Gasteiger partial charge in [0.05, 0.1) is 27.6 Å². The molecule has 4 rings (SSSR count). The highest BCUT2D eigenvalue weighted by Gasteiger charge is 2.11. The van der Waals surface area contributed by atoms with E-state index in [2.05, 4.69) is 21.4 Å². The molecule has 27 heavy (non-hydrogen) atoms. The van der Waals surface area contributed by atoms with Crippen molar-refractivity contribution >= 4 is 27.5 Å². The number of thiazole rings is 1. The maximum absolute atomic E-state index is 12.3. The second kappa shape index (κ2) is 7.72. The van der Waals surface area contributed by atoms with Crippen molar-refractivity contribution in [1.29, 1.82) is 0 Å². The number of nitrogens with zero attached hydrogens (tertiary/aromatic N) is 3. The summed E-state index contributed by atoms with van der Waals surface area (Å²) in [5.41, 5.74) is 3.13. The molecule has 1 atom stereocenters. The number of benzene rings is 2. The molecule has 1 amide bonds. The number of nitrogens with one attached hydrogen (secondary N) is 1. The Labute approximate surface area is 161 Å². The number of aromatic nitrogens is 3. The zero-order chi connectivity index (χ0) is 18.6. The molecule has 0 saturated carbocycles. The van der Waals surface area contributed by atoms with Gasteiger partial charge < -0.3 is 9.88 Å². The molecule has 0 aliphatic carbocycles. The Bertz CT molecular complexity index is 1000. The lowest BCUT2D eigenvalue weighted by Crippen LogP contribution is -2.26. The summed E-state index contributed by atoms with van der Waals surface area (Å²) < 4.78 is 3.12. The van der Waals surface area contributed by atoms with Crippen molar-refractivity contribution in [2.75, 3.05) is 0 Å². The van der Waals surface area contributed by atoms with Gasteiger partial charge in [0.1, 0.15) is 0 Å². The summed E-state index contributed by atoms with van der Waals surface area (Å²) in [6.07, 6.45) is 6.53. The van der Waals surface area contributed by atoms with Gasteiger partial charge in [-0.05, 0) is 36.8 Å². The third-order valence-electron chi connectivity index (χ3n) is 4.48. The maximum atomic E-state index is 12.3. The number of imidazole rings is 1. The van der Waals surface area contributed by atoms with Crippen molar-refractivity contribution in [2.24, 2.45) is 0 Å². The van der Waals surface area contributed by atoms with Gasteiger partial charge in [0.15, 0.2) is 0 Å². The van der Waals surface area contributed by atoms with E-state index in [0.717, 1.165) is 21.8 Å². The summed E-state index contributed by atoms with van der Waals surface area (Å²) in [6, 6.07) is 16.2. The van der Waals surface area contributed by atoms with Gasteiger partial charge in [-0.3, -0.25) is 4.79 Å². The highest BCUT2D eigenvalue weighted by molar-refractivity contribution is 7.18. The number of hydrogen-bond acceptors (Lipinski definition) is 4. The van der Waals surface area contributed by atoms with E-state index in [9.17, 15) is 4.79 Å². The Hall–Kier alpha value is -2.99. The summed E-state index contributed by atoms with van der Waals surface area (Å²) in [5.74, 6) is 0.0421. The quantitative estimate of drug-likeness (QED) is 0.546. The predicted molar refractivity (Wildman–Crippen MR) is 108 cm³/mol. The van der Waals surface area contributed by atoms with Crippen LogP contribution in [-0.4, -0.2) is 20.4 Å². The van der Waals surface area contributed by atoms with E-state index in [1.807, 2.05) is 60.2 Å². The number of para-hydroxylation sites is 1. The third-order valence-corrected chi connectivity index (χ3v) is 5.57. The SMILES string of the molecule is C[C@H](NC(=O)CCc1nc2ccccc2s1)c1ccc(-n2ccnc2)cc1. The van der Waals surface area contributed by atoms with Gasteiger partial charge in [-0.25, -0.2) is 9.97 Å². The number of amides is 1. The van der Waals surface area contributed by atoms with E-state index in [-0.39, 0.29) is 11.9 Å². The average Bonchev–Trinajstić information content (AvgIpc) is 3.36. The predicted octanol–water partition coefficient (Wildman–Crippen LogP) is 4.29. The number of carbonyl (C=O) groups excluding carboxylic acids is 1. The number of aryl methyl sites for hydroxylation is 1. The molecule has 0 bridgehead atoms. The first-order valence-electron chi connectivity index (χ1n) is 8.91. The highest BCUT2D eigenvalue weighted by Crippen LogP contribution is 2.22. The molecule has 6 heteroatoms. The van der Waals surface area contributed by atoms with Crippen molar-refractivity contribution in [3.8, 4) is 5.69 Å². The molecule has 0 saturated heterocycles. The van der Waals surface area contributed by atoms with Crippen LogP contribution < -0.4 is 5.32 Å². The minimum atomic E-state index is -0.0373. The second-order valence-electron chi connectivity index (χ2n) is 6.43. The van der Waals surface area contributed by atoms with Crippen molar-refractivity contribution in [2.45, 2.75) is 25.8 Å². The molecule has 1 N–H and O–H groups in total. The third kappa shape index (κ3) is 4.06. The summed E-state index contributed by atoms with van der Waals surface area (Å²) in [7, 11) is 0. The van der Waals surface area contributed by atoms with E-state index in [1.54, 1.807) is 23.9 Å². The molecule has 5 nitrogen and oxygen atoms in total. The lowest BCUT2D eigenvalue weighted by Gasteiger charge is -2.15. The lowest BCUT2D eigenvalue weighted by molar-refractivity contribution is -0.121. The topological polar surface area (TPSA) is 59.8 Å². The van der Waals surface area contributed by atoms with Crippen molar-refractivity contribution in [1.82, 2.24) is 19.9 Å². The van der Waals surface area contributed by atoms with E-state index in [4.69, 9.17) is 0 Å². The van der Waals surface area contributed by atoms with Crippen LogP contribution in [0.1, 0.15) is 30.0 Å². The van der Waals surface area contributed by atoms with Crippen LogP contribution in [0.5, 0.6) is 0 Å². The summed E-state index contributed by atoms with van der Waals surface area (Å²) in [6.45, 7) is 2.00. The van der Waals surface area contributed by atoms with Gasteiger partial charge in [-0.1, -0.05) is 24.3 Å². The molecule has 2 aromatic heterocycles. The van der Waals surface area contributed by atoms with Gasteiger partial charge in [-0.2, -0.15) is 0 Å². The van der Waals surface area contributed by atoms with Crippen LogP contribution >= 0.6 is 11.3 Å². The smallest absolute Gasteiger partial charge is 0.220 e. The summed E-state index contributed by atoms with van der Waals surface area (Å²) in [5, 5.41) is 4.08. The zero-order valence-electron chi connectivity index (χ0n) is 15.0. The molecule has 4 aromatic rings. The Morgan fingerprint density at radius 1 is 1.19 bits per heavy atom. The van der Waals surface area contributed by atoms with E-state index < -0.39 is 0 Å². The van der Waals surface area contributed by atoms with Crippen LogP contribution in [-0.2, 0) is 11.2 Å². The zero-order valence-corrected chi connectivity index (χ0v) is 15.8. The fourth-order valence-corrected chi connectivity index (χ4v) is 3.96. The van der Waals surface area contributed by atoms with Gasteiger partial charge in [0, 0.05) is 30.9 Å². The first-order chi connectivity index (χ1) is 13.2. The van der Waals surface area contributed by atoms with Crippen molar-refractivity contribution in [3.05, 3.63) is 77.8 Å². The van der Waals surface area contributed by atoms with Crippen LogP contribution in [0.4, 0.5) is 0 Å². The van der Waals surface area contributed by atoms with Gasteiger partial charge in [-0.15, -0.1) is 11.3 Å². The largest absolute Gasteiger partial charge is 0.350 e. The van der Waals surface area contributed by atoms with Crippen LogP contribution in [0.2, 0.25) is 0 Å². The summed E-state index contributed by atoms with van der Waals surface area (Å²) in [4.78, 5) is 21.0. The molecule has 2 heterocycles. The molecular formula is C21H20N4OS. The van der Waals surface area contributed by atoms with Crippen LogP contribution in [0, 0.1) is 0 Å². The summed E-state index contributed by atoms with van der Waals surface area (Å²) >= 11 is 1.66. The Morgan fingerprint density at radius 2 is 2.00 bits per heavy atom. The van der Waals surface area contributed by atoms with Gasteiger partial charge in [0.25, 0.3) is 0 Å². The monoisotopic (exact) mass is 376 g/mol. The fraction of sp³-hybridized carbons (Fsp3) is 0.190. The van der Waals surface area contributed by atoms with Crippen molar-refractivity contribution in [3.63, 3.8) is 0 Å². The van der Waals surface area contributed by atoms with Crippen molar-refractivity contribution < 1.29 is 4.79 Å². The Kier molecular flexibility index (Phi) is 4.98. The van der Waals surface area contributed by atoms with E-state index in [1.165, 1.54) is 4.70 Å². The van der Waals surface area contributed by atoms with Crippen LogP contribution in [0.25, 0.3) is 15.9 Å². The van der Waals surface area contributed by atoms with Gasteiger partial charge in [0.2, 0.25) is 5.91 Å². The average molecular weight is 376 g/mol. The molecule has 0 spiro atoms. The molecular weight excluding hydrogens is 356 g/mol. The first-order valence-corrected chi connectivity index (χ1v) is 9.73. The fourth-order valence-electron chi connectivity index (χ4n) is 2.99. The highest BCUT2D eigenvalue weighted by atomic mass is 32.1. The minimum Gasteiger partial charge on any atom is -0.350 e. The molecule has 0 unspecified atom stereocenters. The van der Waals surface area contributed by atoms with Crippen LogP contribution in [0.15, 0.2) is 67.3 Å². The van der Waals surface area contributed by atoms with E-state index >= 15 is 0 Å². The van der Waals surface area contributed by atoms with Crippen LogP contribution in [0.3, 0.4) is 0 Å². The number of hydrogen-bond donors (Lipinski definition) is 1. The minimum absolute atomic E-state index is 0.0373. The number of carbonyl (C=O) groups is 1. The molecule has 0 fully saturated rings. The lowest BCUT2D eigenvalue weighted by atomic mass is 10.1. The normalized spacial score (nSPS) is 12.2.